The second-order valence-corrected chi connectivity index (χ2v) is 11.0. The number of rotatable bonds is 4. The Bertz CT molecular complexity index is 1600. The van der Waals surface area contributed by atoms with Crippen LogP contribution in [0.25, 0.3) is 0 Å². The lowest BCUT2D eigenvalue weighted by Gasteiger charge is -2.32. The van der Waals surface area contributed by atoms with Crippen molar-refractivity contribution in [3.63, 3.8) is 0 Å². The van der Waals surface area contributed by atoms with Crippen LogP contribution >= 0.6 is 11.6 Å². The number of methoxy groups -OCH3 is 1. The topological polar surface area (TPSA) is 101 Å². The summed E-state index contributed by atoms with van der Waals surface area (Å²) in [4.78, 5) is 38.8. The highest BCUT2D eigenvalue weighted by Crippen LogP contribution is 2.53. The minimum absolute atomic E-state index is 0.0680. The molecule has 1 fully saturated rings. The molecule has 0 aromatic heterocycles. The predicted molar refractivity (Wildman–Crippen MR) is 130 cm³/mol. The number of fused-ring (bicyclic) bond motifs is 2. The Balaban J connectivity index is 1.79. The van der Waals surface area contributed by atoms with Gasteiger partial charge in [-0.2, -0.15) is 0 Å². The van der Waals surface area contributed by atoms with E-state index in [9.17, 15) is 31.6 Å². The molecule has 3 aromatic rings. The van der Waals surface area contributed by atoms with Crippen molar-refractivity contribution in [2.45, 2.75) is 11.4 Å². The van der Waals surface area contributed by atoms with E-state index in [0.29, 0.717) is 21.6 Å². The fourth-order valence-electron chi connectivity index (χ4n) is 4.74. The summed E-state index contributed by atoms with van der Waals surface area (Å²) in [5.74, 6) is -6.44. The number of esters is 1. The average molecular weight is 547 g/mol. The largest absolute Gasteiger partial charge is 0.465 e. The molecule has 1 atom stereocenters. The fourth-order valence-corrected chi connectivity index (χ4v) is 6.89. The van der Waals surface area contributed by atoms with Gasteiger partial charge in [0.25, 0.3) is 10.8 Å². The van der Waals surface area contributed by atoms with E-state index < -0.39 is 49.9 Å². The molecule has 2 amide bonds. The van der Waals surface area contributed by atoms with Crippen molar-refractivity contribution < 1.29 is 36.3 Å². The number of carbonyl (C=O) groups is 3. The lowest BCUT2D eigenvalue weighted by Crippen LogP contribution is -2.54. The molecule has 1 spiro atoms. The van der Waals surface area contributed by atoms with E-state index in [0.717, 1.165) is 19.2 Å². The van der Waals surface area contributed by atoms with Crippen molar-refractivity contribution in [2.24, 2.45) is 0 Å². The zero-order valence-corrected chi connectivity index (χ0v) is 20.6. The SMILES string of the molecule is COC(=O)c1ccc2c(c1)C1(C(=O)N2Cc2ccc(Cl)cc2)N(c2ccc(F)c(F)c2)C(=O)CS1(=O)=O. The van der Waals surface area contributed by atoms with E-state index in [1.165, 1.54) is 23.1 Å². The summed E-state index contributed by atoms with van der Waals surface area (Å²) >= 11 is 5.96. The van der Waals surface area contributed by atoms with Gasteiger partial charge in [0.1, 0.15) is 5.75 Å². The number of amides is 2. The summed E-state index contributed by atoms with van der Waals surface area (Å²) in [6, 6.07) is 12.8. The van der Waals surface area contributed by atoms with Crippen molar-refractivity contribution in [1.29, 1.82) is 0 Å². The van der Waals surface area contributed by atoms with Crippen LogP contribution in [0.2, 0.25) is 5.02 Å². The van der Waals surface area contributed by atoms with Gasteiger partial charge in [-0.1, -0.05) is 23.7 Å². The van der Waals surface area contributed by atoms with Crippen molar-refractivity contribution in [3.05, 3.63) is 94.0 Å². The molecule has 12 heteroatoms. The van der Waals surface area contributed by atoms with Gasteiger partial charge < -0.3 is 9.64 Å². The van der Waals surface area contributed by atoms with Gasteiger partial charge >= 0.3 is 5.97 Å². The lowest BCUT2D eigenvalue weighted by molar-refractivity contribution is -0.123. The normalized spacial score (nSPS) is 20.0. The molecule has 37 heavy (non-hydrogen) atoms. The van der Waals surface area contributed by atoms with Crippen molar-refractivity contribution >= 4 is 50.6 Å². The first kappa shape index (κ1) is 24.8. The van der Waals surface area contributed by atoms with Gasteiger partial charge in [-0.15, -0.1) is 0 Å². The second kappa shape index (κ2) is 8.63. The van der Waals surface area contributed by atoms with Crippen LogP contribution in [0.3, 0.4) is 0 Å². The maximum atomic E-state index is 14.2. The molecule has 190 valence electrons. The van der Waals surface area contributed by atoms with E-state index in [2.05, 4.69) is 0 Å². The van der Waals surface area contributed by atoms with Gasteiger partial charge in [0, 0.05) is 22.3 Å². The van der Waals surface area contributed by atoms with E-state index in [1.54, 1.807) is 24.3 Å². The number of ether oxygens (including phenoxy) is 1. The Morgan fingerprint density at radius 3 is 2.38 bits per heavy atom. The number of sulfone groups is 1. The summed E-state index contributed by atoms with van der Waals surface area (Å²) in [7, 11) is -3.47. The zero-order valence-electron chi connectivity index (χ0n) is 19.1. The van der Waals surface area contributed by atoms with Gasteiger partial charge in [-0.25, -0.2) is 22.0 Å². The maximum Gasteiger partial charge on any atom is 0.337 e. The van der Waals surface area contributed by atoms with E-state index in [4.69, 9.17) is 16.3 Å². The summed E-state index contributed by atoms with van der Waals surface area (Å²) in [6.45, 7) is -0.0996. The number of anilines is 2. The number of hydrogen-bond donors (Lipinski definition) is 0. The quantitative estimate of drug-likeness (QED) is 0.464. The minimum atomic E-state index is -4.60. The summed E-state index contributed by atoms with van der Waals surface area (Å²) in [6.07, 6.45) is 0. The predicted octanol–water partition coefficient (Wildman–Crippen LogP) is 3.57. The van der Waals surface area contributed by atoms with Crippen LogP contribution in [0.15, 0.2) is 60.7 Å². The first-order chi connectivity index (χ1) is 17.5. The minimum Gasteiger partial charge on any atom is -0.465 e. The van der Waals surface area contributed by atoms with Crippen LogP contribution in [0.5, 0.6) is 0 Å². The zero-order chi connectivity index (χ0) is 26.7. The van der Waals surface area contributed by atoms with Crippen molar-refractivity contribution in [3.8, 4) is 0 Å². The van der Waals surface area contributed by atoms with Crippen LogP contribution in [0, 0.1) is 11.6 Å². The molecule has 1 saturated heterocycles. The van der Waals surface area contributed by atoms with Crippen LogP contribution < -0.4 is 9.80 Å². The number of benzene rings is 3. The number of nitrogens with zero attached hydrogens (tertiary/aromatic N) is 2. The van der Waals surface area contributed by atoms with Crippen molar-refractivity contribution in [1.82, 2.24) is 0 Å². The van der Waals surface area contributed by atoms with Gasteiger partial charge in [0.05, 0.1) is 24.9 Å². The van der Waals surface area contributed by atoms with Crippen LogP contribution in [0.1, 0.15) is 21.5 Å². The van der Waals surface area contributed by atoms with E-state index >= 15 is 0 Å². The van der Waals surface area contributed by atoms with Gasteiger partial charge in [-0.3, -0.25) is 14.5 Å². The third-order valence-electron chi connectivity index (χ3n) is 6.35. The molecule has 5 rings (SSSR count). The van der Waals surface area contributed by atoms with Crippen molar-refractivity contribution in [2.75, 3.05) is 22.7 Å². The molecule has 0 N–H and O–H groups in total. The molecule has 1 unspecified atom stereocenters. The molecule has 0 saturated carbocycles. The smallest absolute Gasteiger partial charge is 0.337 e. The molecule has 2 aliphatic rings. The number of hydrogen-bond acceptors (Lipinski definition) is 6. The Kier molecular flexibility index (Phi) is 5.80. The van der Waals surface area contributed by atoms with Crippen LogP contribution in [-0.4, -0.2) is 39.1 Å². The molecule has 0 aliphatic carbocycles. The maximum absolute atomic E-state index is 14.2. The summed E-state index contributed by atoms with van der Waals surface area (Å²) in [5, 5.41) is 0.449. The van der Waals surface area contributed by atoms with Gasteiger partial charge in [0.2, 0.25) is 5.91 Å². The molecule has 3 aromatic carbocycles. The number of carbonyl (C=O) groups excluding carboxylic acids is 3. The Labute approximate surface area is 214 Å². The van der Waals surface area contributed by atoms with E-state index in [1.807, 2.05) is 0 Å². The monoisotopic (exact) mass is 546 g/mol. The van der Waals surface area contributed by atoms with Crippen LogP contribution in [0.4, 0.5) is 20.2 Å². The third kappa shape index (κ3) is 3.60. The molecular weight excluding hydrogens is 530 g/mol. The van der Waals surface area contributed by atoms with Gasteiger partial charge in [0.15, 0.2) is 21.5 Å². The third-order valence-corrected chi connectivity index (χ3v) is 8.71. The highest BCUT2D eigenvalue weighted by molar-refractivity contribution is 7.94. The molecule has 0 bridgehead atoms. The standard InChI is InChI=1S/C25H17ClF2N2O6S/c1-36-23(32)15-4-9-21-18(10-15)25(24(33)29(21)12-14-2-5-16(26)6-3-14)30(22(31)13-37(25,34)35)17-7-8-19(27)20(28)11-17/h2-11H,12-13H2,1H3. The van der Waals surface area contributed by atoms with Gasteiger partial charge in [-0.05, 0) is 48.0 Å². The molecular formula is C25H17ClF2N2O6S. The second-order valence-electron chi connectivity index (χ2n) is 8.47. The Morgan fingerprint density at radius 2 is 1.73 bits per heavy atom. The first-order valence-electron chi connectivity index (χ1n) is 10.8. The van der Waals surface area contributed by atoms with E-state index in [-0.39, 0.29) is 29.0 Å². The molecule has 0 radical (unpaired) electrons. The molecule has 8 nitrogen and oxygen atoms in total. The lowest BCUT2D eigenvalue weighted by atomic mass is 10.0. The first-order valence-corrected chi connectivity index (χ1v) is 12.8. The fraction of sp³-hybridized carbons (Fsp3) is 0.160. The summed E-state index contributed by atoms with van der Waals surface area (Å²) in [5.41, 5.74) is 0.143. The Morgan fingerprint density at radius 1 is 1.03 bits per heavy atom. The number of halogens is 3. The Hall–Kier alpha value is -3.83. The summed E-state index contributed by atoms with van der Waals surface area (Å²) < 4.78 is 60.0. The molecule has 2 aliphatic heterocycles. The average Bonchev–Trinajstić information content (AvgIpc) is 3.23. The highest BCUT2D eigenvalue weighted by Gasteiger charge is 2.69. The molecule has 2 heterocycles. The highest BCUT2D eigenvalue weighted by atomic mass is 35.5. The van der Waals surface area contributed by atoms with Crippen LogP contribution in [-0.2, 0) is 35.6 Å².